The Kier molecular flexibility index (Phi) is 2.34. The van der Waals surface area contributed by atoms with Crippen LogP contribution < -0.4 is 0 Å². The van der Waals surface area contributed by atoms with E-state index in [1.165, 1.54) is 0 Å². The Morgan fingerprint density at radius 1 is 1.00 bits per heavy atom. The van der Waals surface area contributed by atoms with Crippen LogP contribution in [0, 0.1) is 6.92 Å². The maximum atomic E-state index is 11.8. The molecular weight excluding hydrogens is 248 g/mol. The number of Topliss-reactive ketones (excluding diaryl/α,β-unsaturated/α-hetero) is 1. The van der Waals surface area contributed by atoms with E-state index in [9.17, 15) is 4.79 Å². The van der Waals surface area contributed by atoms with Crippen molar-refractivity contribution in [1.82, 2.24) is 0 Å². The van der Waals surface area contributed by atoms with Crippen LogP contribution in [0.1, 0.15) is 27.9 Å². The Labute approximate surface area is 117 Å². The van der Waals surface area contributed by atoms with E-state index in [0.717, 1.165) is 45.4 Å². The van der Waals surface area contributed by atoms with Gasteiger partial charge < -0.3 is 4.42 Å². The lowest BCUT2D eigenvalue weighted by Crippen LogP contribution is -1.91. The third kappa shape index (κ3) is 1.54. The van der Waals surface area contributed by atoms with E-state index in [1.54, 1.807) is 0 Å². The van der Waals surface area contributed by atoms with Crippen molar-refractivity contribution in [3.8, 4) is 11.3 Å². The predicted molar refractivity (Wildman–Crippen MR) is 79.0 cm³/mol. The summed E-state index contributed by atoms with van der Waals surface area (Å²) in [7, 11) is 0. The lowest BCUT2D eigenvalue weighted by atomic mass is 10.0. The number of ketones is 1. The highest BCUT2D eigenvalue weighted by Crippen LogP contribution is 2.35. The van der Waals surface area contributed by atoms with Gasteiger partial charge in [-0.15, -0.1) is 0 Å². The zero-order chi connectivity index (χ0) is 13.7. The molecule has 2 nitrogen and oxygen atoms in total. The molecule has 0 saturated carbocycles. The molecule has 0 unspecified atom stereocenters. The number of hydrogen-bond acceptors (Lipinski definition) is 2. The van der Waals surface area contributed by atoms with Gasteiger partial charge in [-0.05, 0) is 30.5 Å². The molecule has 4 rings (SSSR count). The summed E-state index contributed by atoms with van der Waals surface area (Å²) in [5, 5.41) is 1.11. The Morgan fingerprint density at radius 2 is 1.80 bits per heavy atom. The molecule has 1 aliphatic rings. The van der Waals surface area contributed by atoms with Gasteiger partial charge in [0.2, 0.25) is 0 Å². The first-order valence-corrected chi connectivity index (χ1v) is 6.88. The number of rotatable bonds is 1. The van der Waals surface area contributed by atoms with Gasteiger partial charge in [0.15, 0.2) is 5.78 Å². The molecule has 0 spiro atoms. The van der Waals surface area contributed by atoms with E-state index in [1.807, 2.05) is 24.3 Å². The molecule has 1 aromatic heterocycles. The molecule has 0 saturated heterocycles. The molecule has 0 radical (unpaired) electrons. The number of aryl methyl sites for hydroxylation is 1. The summed E-state index contributed by atoms with van der Waals surface area (Å²) in [5.41, 5.74) is 5.12. The Hall–Kier alpha value is -2.35. The molecule has 3 aromatic rings. The summed E-state index contributed by atoms with van der Waals surface area (Å²) in [6.07, 6.45) is 1.44. The van der Waals surface area contributed by atoms with E-state index >= 15 is 0 Å². The second-order valence-electron chi connectivity index (χ2n) is 5.36. The third-order valence-electron chi connectivity index (χ3n) is 4.08. The number of carbonyl (C=O) groups excluding carboxylic acids is 1. The largest absolute Gasteiger partial charge is 0.456 e. The van der Waals surface area contributed by atoms with Gasteiger partial charge in [0.1, 0.15) is 11.3 Å². The van der Waals surface area contributed by atoms with E-state index in [4.69, 9.17) is 4.42 Å². The molecule has 20 heavy (non-hydrogen) atoms. The monoisotopic (exact) mass is 262 g/mol. The second kappa shape index (κ2) is 4.07. The summed E-state index contributed by atoms with van der Waals surface area (Å²) in [4.78, 5) is 11.8. The topological polar surface area (TPSA) is 30.2 Å². The SMILES string of the molecule is Cc1cccc2cc(-c3cccc4c3CCC4=O)oc12. The lowest BCUT2D eigenvalue weighted by molar-refractivity contribution is 0.0994. The lowest BCUT2D eigenvalue weighted by Gasteiger charge is -2.04. The number of fused-ring (bicyclic) bond motifs is 2. The van der Waals surface area contributed by atoms with E-state index in [-0.39, 0.29) is 5.78 Å². The molecule has 0 bridgehead atoms. The van der Waals surface area contributed by atoms with Crippen molar-refractivity contribution in [1.29, 1.82) is 0 Å². The number of carbonyl (C=O) groups is 1. The van der Waals surface area contributed by atoms with Crippen LogP contribution in [-0.2, 0) is 6.42 Å². The third-order valence-corrected chi connectivity index (χ3v) is 4.08. The van der Waals surface area contributed by atoms with Crippen LogP contribution in [0.4, 0.5) is 0 Å². The van der Waals surface area contributed by atoms with Crippen molar-refractivity contribution in [2.24, 2.45) is 0 Å². The van der Waals surface area contributed by atoms with E-state index < -0.39 is 0 Å². The molecule has 2 aromatic carbocycles. The number of furan rings is 1. The molecule has 98 valence electrons. The minimum absolute atomic E-state index is 0.245. The highest BCUT2D eigenvalue weighted by atomic mass is 16.3. The fourth-order valence-electron chi connectivity index (χ4n) is 3.06. The molecule has 0 N–H and O–H groups in total. The standard InChI is InChI=1S/C18H14O2/c1-11-4-2-5-12-10-17(20-18(11)12)15-7-3-6-14-13(15)8-9-16(14)19/h2-7,10H,8-9H2,1H3. The van der Waals surface area contributed by atoms with Gasteiger partial charge in [-0.1, -0.05) is 36.4 Å². The van der Waals surface area contributed by atoms with Gasteiger partial charge in [-0.25, -0.2) is 0 Å². The highest BCUT2D eigenvalue weighted by molar-refractivity contribution is 6.02. The van der Waals surface area contributed by atoms with Crippen LogP contribution in [0.25, 0.3) is 22.3 Å². The van der Waals surface area contributed by atoms with Crippen molar-refractivity contribution >= 4 is 16.8 Å². The Balaban J connectivity index is 1.96. The highest BCUT2D eigenvalue weighted by Gasteiger charge is 2.23. The van der Waals surface area contributed by atoms with Gasteiger partial charge in [0.05, 0.1) is 0 Å². The molecule has 0 fully saturated rings. The van der Waals surface area contributed by atoms with Gasteiger partial charge in [-0.3, -0.25) is 4.79 Å². The van der Waals surface area contributed by atoms with E-state index in [2.05, 4.69) is 25.1 Å². The number of benzene rings is 2. The van der Waals surface area contributed by atoms with Crippen LogP contribution in [0.5, 0.6) is 0 Å². The molecule has 1 aliphatic carbocycles. The van der Waals surface area contributed by atoms with Crippen molar-refractivity contribution in [2.75, 3.05) is 0 Å². The normalized spacial score (nSPS) is 13.9. The predicted octanol–water partition coefficient (Wildman–Crippen LogP) is 4.54. The molecule has 0 aliphatic heterocycles. The molecule has 1 heterocycles. The van der Waals surface area contributed by atoms with Gasteiger partial charge in [0, 0.05) is 22.9 Å². The summed E-state index contributed by atoms with van der Waals surface area (Å²) in [6.45, 7) is 2.05. The maximum absolute atomic E-state index is 11.8. The summed E-state index contributed by atoms with van der Waals surface area (Å²) >= 11 is 0. The molecule has 2 heteroatoms. The van der Waals surface area contributed by atoms with Gasteiger partial charge in [0.25, 0.3) is 0 Å². The van der Waals surface area contributed by atoms with Crippen LogP contribution in [-0.4, -0.2) is 5.78 Å². The van der Waals surface area contributed by atoms with Crippen molar-refractivity contribution in [2.45, 2.75) is 19.8 Å². The van der Waals surface area contributed by atoms with Crippen molar-refractivity contribution in [3.05, 3.63) is 59.2 Å². The fraction of sp³-hybridized carbons (Fsp3) is 0.167. The van der Waals surface area contributed by atoms with Crippen LogP contribution in [0.2, 0.25) is 0 Å². The van der Waals surface area contributed by atoms with Crippen molar-refractivity contribution < 1.29 is 9.21 Å². The van der Waals surface area contributed by atoms with E-state index in [0.29, 0.717) is 6.42 Å². The Bertz CT molecular complexity index is 840. The summed E-state index contributed by atoms with van der Waals surface area (Å²) < 4.78 is 6.03. The molecule has 0 atom stereocenters. The summed E-state index contributed by atoms with van der Waals surface area (Å²) in [5.74, 6) is 1.11. The smallest absolute Gasteiger partial charge is 0.163 e. The molecular formula is C18H14O2. The average molecular weight is 262 g/mol. The maximum Gasteiger partial charge on any atom is 0.163 e. The van der Waals surface area contributed by atoms with Crippen LogP contribution >= 0.6 is 0 Å². The fourth-order valence-corrected chi connectivity index (χ4v) is 3.06. The van der Waals surface area contributed by atoms with Gasteiger partial charge in [-0.2, -0.15) is 0 Å². The first kappa shape index (κ1) is 11.5. The number of hydrogen-bond donors (Lipinski definition) is 0. The van der Waals surface area contributed by atoms with Gasteiger partial charge >= 0.3 is 0 Å². The molecule has 0 amide bonds. The van der Waals surface area contributed by atoms with Crippen LogP contribution in [0.3, 0.4) is 0 Å². The zero-order valence-electron chi connectivity index (χ0n) is 11.3. The van der Waals surface area contributed by atoms with Crippen molar-refractivity contribution in [3.63, 3.8) is 0 Å². The summed E-state index contributed by atoms with van der Waals surface area (Å²) in [6, 6.07) is 14.1. The Morgan fingerprint density at radius 3 is 2.65 bits per heavy atom. The first-order chi connectivity index (χ1) is 9.74. The second-order valence-corrected chi connectivity index (χ2v) is 5.36. The number of para-hydroxylation sites is 1. The first-order valence-electron chi connectivity index (χ1n) is 6.88. The minimum atomic E-state index is 0.245. The quantitative estimate of drug-likeness (QED) is 0.644. The zero-order valence-corrected chi connectivity index (χ0v) is 11.3. The average Bonchev–Trinajstić information content (AvgIpc) is 3.04. The minimum Gasteiger partial charge on any atom is -0.456 e. The van der Waals surface area contributed by atoms with Crippen LogP contribution in [0.15, 0.2) is 46.9 Å².